The minimum Gasteiger partial charge on any atom is -0.481 e. The molecule has 23 heteroatoms. The van der Waals surface area contributed by atoms with E-state index in [0.717, 1.165) is 69.8 Å². The number of carboxylic acids is 1. The smallest absolute Gasteiger partial charge is 0.411 e. The van der Waals surface area contributed by atoms with E-state index >= 15 is 0 Å². The molecule has 3 saturated heterocycles. The number of aliphatic hydroxyl groups excluding tert-OH is 6. The van der Waals surface area contributed by atoms with E-state index in [1.165, 1.54) is 34.2 Å². The first kappa shape index (κ1) is 72.3. The number of rotatable bonds is 13. The van der Waals surface area contributed by atoms with Crippen LogP contribution in [0, 0.1) is 30.2 Å². The number of carbonyl (C=O) groups excluding carboxylic acids is 4. The summed E-state index contributed by atoms with van der Waals surface area (Å²) in [7, 11) is 0. The van der Waals surface area contributed by atoms with Crippen LogP contribution in [0.5, 0.6) is 0 Å². The Hall–Kier alpha value is -5.91. The lowest BCUT2D eigenvalue weighted by atomic mass is 9.87. The molecule has 9 rings (SSSR count). The van der Waals surface area contributed by atoms with Gasteiger partial charge in [0.15, 0.2) is 12.6 Å². The largest absolute Gasteiger partial charge is 0.481 e. The second-order valence-corrected chi connectivity index (χ2v) is 21.5. The molecule has 3 amide bonds. The van der Waals surface area contributed by atoms with Crippen molar-refractivity contribution in [3.8, 4) is 0 Å². The number of aliphatic hydroxyl groups is 6. The molecule has 20 nitrogen and oxygen atoms in total. The van der Waals surface area contributed by atoms with Crippen LogP contribution in [0.2, 0.25) is 0 Å². The summed E-state index contributed by atoms with van der Waals surface area (Å²) in [6.45, 7) is 10.8. The first-order valence-corrected chi connectivity index (χ1v) is 28.7. The van der Waals surface area contributed by atoms with Crippen LogP contribution in [0.15, 0.2) is 72.8 Å². The van der Waals surface area contributed by atoms with E-state index in [4.69, 9.17) is 41.9 Å². The molecule has 6 aliphatic rings. The number of benzene rings is 3. The number of carboxylic acid groups (broad SMARTS) is 1. The Kier molecular flexibility index (Phi) is 32.3. The number of amides is 3. The maximum Gasteiger partial charge on any atom is 0.411 e. The molecule has 84 heavy (non-hydrogen) atoms. The highest BCUT2D eigenvalue weighted by atomic mass is 19.4. The number of hydrogen-bond donors (Lipinski definition) is 10. The highest BCUT2D eigenvalue weighted by Crippen LogP contribution is 2.35. The fraction of sp³-hybridized carbons (Fsp3) is 0.607. The Morgan fingerprint density at radius 1 is 0.702 bits per heavy atom. The predicted octanol–water partition coefficient (Wildman–Crippen LogP) is 6.77. The van der Waals surface area contributed by atoms with Gasteiger partial charge in [0.1, 0.15) is 37.9 Å². The van der Waals surface area contributed by atoms with E-state index < -0.39 is 49.2 Å². The Balaban J connectivity index is 0.000000287. The Morgan fingerprint density at radius 3 is 1.64 bits per heavy atom. The molecular formula is C61H88F3N5O15. The van der Waals surface area contributed by atoms with Gasteiger partial charge in [-0.2, -0.15) is 13.2 Å². The zero-order valence-electron chi connectivity index (χ0n) is 48.5. The average Bonchev–Trinajstić information content (AvgIpc) is 3.82. The molecule has 0 aromatic heterocycles. The first-order chi connectivity index (χ1) is 39.7. The van der Waals surface area contributed by atoms with Gasteiger partial charge in [-0.25, -0.2) is 6.57 Å². The molecule has 3 aromatic carbocycles. The summed E-state index contributed by atoms with van der Waals surface area (Å²) in [6.07, 6.45) is 5.92. The fourth-order valence-electron chi connectivity index (χ4n) is 10.3. The van der Waals surface area contributed by atoms with E-state index in [0.29, 0.717) is 25.9 Å². The lowest BCUT2D eigenvalue weighted by Crippen LogP contribution is -2.50. The summed E-state index contributed by atoms with van der Waals surface area (Å²) < 4.78 is 46.6. The summed E-state index contributed by atoms with van der Waals surface area (Å²) in [5, 5.41) is 65.5. The number of alkyl halides is 3. The Labute approximate surface area is 490 Å². The quantitative estimate of drug-likeness (QED) is 0.0790. The van der Waals surface area contributed by atoms with Gasteiger partial charge in [0.25, 0.3) is 0 Å². The van der Waals surface area contributed by atoms with Crippen molar-refractivity contribution >= 4 is 29.5 Å². The minimum absolute atomic E-state index is 0. The third-order valence-corrected chi connectivity index (χ3v) is 15.2. The van der Waals surface area contributed by atoms with E-state index in [1.54, 1.807) is 18.7 Å². The number of ether oxygens (including phenoxy) is 3. The highest BCUT2D eigenvalue weighted by Gasteiger charge is 2.45. The van der Waals surface area contributed by atoms with Crippen LogP contribution in [0.25, 0.3) is 4.85 Å². The molecule has 11 atom stereocenters. The van der Waals surface area contributed by atoms with Gasteiger partial charge in [0, 0.05) is 50.1 Å². The number of hydrogen-bond acceptors (Lipinski definition) is 15. The fourth-order valence-corrected chi connectivity index (χ4v) is 10.3. The third kappa shape index (κ3) is 23.5. The maximum absolute atomic E-state index is 13.0. The number of aliphatic carboxylic acids is 1. The number of ketones is 1. The van der Waals surface area contributed by atoms with E-state index in [9.17, 15) is 42.3 Å². The number of carbonyl (C=O) groups is 5. The van der Waals surface area contributed by atoms with E-state index in [2.05, 4.69) is 67.4 Å². The second kappa shape index (κ2) is 37.5. The molecule has 0 bridgehead atoms. The standard InChI is InChI=1S/C20H26N2O3.C19H27NO4.C11H11N.C5H10O3.C4H8O4.C2H3F3O.H3N/c1-13-11-12-25-18-10-9-17(22(18)20(13)24)19(23)21-16-8-4-6-14-5-2-3-7-15(14)16;1-13(9-10-21)18(23)11-15(12-22)19(24)20-17-8-4-6-14-5-2-3-7-16(14)17;1-12-11-8-4-6-9-5-2-3-7-10(9)11;1-4(2-3-6)5(7)8;5-3-1-7-4(6)2-8-3;3-2(4,5)1-6;/h2-3,5,7,13,16-18H,4,6,8-12H2,1H3,(H,21,23);2-3,5,7,13,15,17,21-22H,4,6,8-12H2,1H3,(H,20,24);2-3,5,7,11H,4,6,8H2;4,6H,2-3H2,1H3,(H,7,8);3-6H,1-2H2;6H,1H2;1H3/t13-,16+,17?,18-;13-,15?,17+;11-;4-;;;/m0010.../s1. The van der Waals surface area contributed by atoms with E-state index in [1.807, 2.05) is 37.3 Å². The van der Waals surface area contributed by atoms with Crippen molar-refractivity contribution in [2.45, 2.75) is 166 Å². The molecule has 12 N–H and O–H groups in total. The third-order valence-electron chi connectivity index (χ3n) is 15.2. The van der Waals surface area contributed by atoms with Crippen LogP contribution in [0.3, 0.4) is 0 Å². The molecule has 468 valence electrons. The molecule has 0 spiro atoms. The van der Waals surface area contributed by atoms with Gasteiger partial charge in [-0.05, 0) is 111 Å². The molecule has 4 unspecified atom stereocenters. The number of aryl methyl sites for hydroxylation is 3. The van der Waals surface area contributed by atoms with Gasteiger partial charge in [-0.15, -0.1) is 0 Å². The molecule has 0 radical (unpaired) electrons. The SMILES string of the molecule is C[C@@H](CCO)C(=O)CC(CO)C(=O)N[C@@H]1CCCc2ccccc21.C[C@@H](CCO)C(=O)O.C[C@H]1CCO[C@H]2CCC(C(=O)N[C@@H]3CCCc4ccccc43)N2C1=O.N.OC1COC(O)CO1.OCC(F)(F)F.[C-]#[N+][C@@H]1CCCc2ccccc21. The normalized spacial score (nSPS) is 23.9. The number of nitrogens with one attached hydrogen (secondary N) is 2. The minimum atomic E-state index is -4.40. The van der Waals surface area contributed by atoms with Gasteiger partial charge in [0.2, 0.25) is 23.8 Å². The zero-order chi connectivity index (χ0) is 61.1. The summed E-state index contributed by atoms with van der Waals surface area (Å²) in [6, 6.07) is 24.5. The van der Waals surface area contributed by atoms with Crippen LogP contribution >= 0.6 is 0 Å². The summed E-state index contributed by atoms with van der Waals surface area (Å²) in [4.78, 5) is 65.6. The first-order valence-electron chi connectivity index (χ1n) is 28.7. The van der Waals surface area contributed by atoms with Gasteiger partial charge >= 0.3 is 12.1 Å². The monoisotopic (exact) mass is 1190 g/mol. The number of nitrogens with zero attached hydrogens (tertiary/aromatic N) is 2. The molecule has 3 aliphatic heterocycles. The van der Waals surface area contributed by atoms with Crippen molar-refractivity contribution in [2.75, 3.05) is 46.2 Å². The predicted molar refractivity (Wildman–Crippen MR) is 304 cm³/mol. The van der Waals surface area contributed by atoms with Crippen LogP contribution in [-0.4, -0.2) is 147 Å². The topological polar surface area (TPSA) is 321 Å². The maximum atomic E-state index is 13.0. The molecule has 3 aromatic rings. The number of fused-ring (bicyclic) bond motifs is 4. The van der Waals surface area contributed by atoms with Gasteiger partial charge in [0.05, 0.1) is 30.5 Å². The van der Waals surface area contributed by atoms with Crippen molar-refractivity contribution in [3.63, 3.8) is 0 Å². The number of halogens is 3. The Morgan fingerprint density at radius 2 is 1.18 bits per heavy atom. The molecule has 3 heterocycles. The van der Waals surface area contributed by atoms with Gasteiger partial charge in [-0.3, -0.25) is 24.0 Å². The average molecular weight is 1190 g/mol. The molecule has 0 saturated carbocycles. The van der Waals surface area contributed by atoms with E-state index in [-0.39, 0.29) is 105 Å². The van der Waals surface area contributed by atoms with Crippen molar-refractivity contribution < 1.29 is 87.1 Å². The zero-order valence-corrected chi connectivity index (χ0v) is 48.5. The lowest BCUT2D eigenvalue weighted by molar-refractivity contribution is -0.263. The van der Waals surface area contributed by atoms with Crippen molar-refractivity contribution in [3.05, 3.63) is 118 Å². The van der Waals surface area contributed by atoms with Gasteiger partial charge < -0.3 is 76.5 Å². The molecule has 3 aliphatic carbocycles. The van der Waals surface area contributed by atoms with Crippen molar-refractivity contribution in [1.82, 2.24) is 21.7 Å². The van der Waals surface area contributed by atoms with Crippen LogP contribution in [-0.2, 0) is 57.4 Å². The molecular weight excluding hydrogens is 1100 g/mol. The van der Waals surface area contributed by atoms with Crippen LogP contribution < -0.4 is 16.8 Å². The summed E-state index contributed by atoms with van der Waals surface area (Å²) >= 11 is 0. The summed E-state index contributed by atoms with van der Waals surface area (Å²) in [5.74, 6) is -2.71. The van der Waals surface area contributed by atoms with Crippen LogP contribution in [0.4, 0.5) is 13.2 Å². The van der Waals surface area contributed by atoms with Crippen molar-refractivity contribution in [2.24, 2.45) is 23.7 Å². The number of Topliss-reactive ketones (excluding diaryl/α,β-unsaturated/α-hetero) is 1. The molecule has 3 fully saturated rings. The lowest BCUT2D eigenvalue weighted by Gasteiger charge is -2.31. The summed E-state index contributed by atoms with van der Waals surface area (Å²) in [5.41, 5.74) is 7.58. The van der Waals surface area contributed by atoms with Gasteiger partial charge in [-0.1, -0.05) is 93.6 Å². The Bertz CT molecular complexity index is 2520. The highest BCUT2D eigenvalue weighted by molar-refractivity contribution is 5.90. The van der Waals surface area contributed by atoms with Crippen LogP contribution in [0.1, 0.15) is 149 Å². The van der Waals surface area contributed by atoms with Crippen molar-refractivity contribution in [1.29, 1.82) is 0 Å². The second-order valence-electron chi connectivity index (χ2n) is 21.5.